The number of fused-ring (bicyclic) bond motifs is 1. The monoisotopic (exact) mass is 443 g/mol. The van der Waals surface area contributed by atoms with Crippen LogP contribution in [0.2, 0.25) is 0 Å². The largest absolute Gasteiger partial charge is 0.352 e. The van der Waals surface area contributed by atoms with Gasteiger partial charge in [-0.3, -0.25) is 14.7 Å². The highest BCUT2D eigenvalue weighted by atomic mass is 19.1. The molecule has 1 fully saturated rings. The number of halogens is 2. The van der Waals surface area contributed by atoms with Crippen LogP contribution in [0.3, 0.4) is 0 Å². The number of nitrogens with one attached hydrogen (secondary N) is 2. The molecular formula is C23H27F2N5O2. The molecule has 1 saturated heterocycles. The molecule has 32 heavy (non-hydrogen) atoms. The lowest BCUT2D eigenvalue weighted by Crippen LogP contribution is -2.40. The molecule has 7 nitrogen and oxygen atoms in total. The minimum Gasteiger partial charge on any atom is -0.352 e. The van der Waals surface area contributed by atoms with Crippen LogP contribution in [0.15, 0.2) is 35.3 Å². The fourth-order valence-corrected chi connectivity index (χ4v) is 4.21. The molecule has 0 aliphatic carbocycles. The number of nitrogens with zero attached hydrogens (tertiary/aromatic N) is 3. The van der Waals surface area contributed by atoms with Crippen molar-refractivity contribution >= 4 is 11.6 Å². The van der Waals surface area contributed by atoms with Gasteiger partial charge in [0.15, 0.2) is 5.65 Å². The predicted octanol–water partition coefficient (Wildman–Crippen LogP) is 3.07. The summed E-state index contributed by atoms with van der Waals surface area (Å²) in [6, 6.07) is 4.20. The van der Waals surface area contributed by atoms with Crippen molar-refractivity contribution in [3.63, 3.8) is 0 Å². The summed E-state index contributed by atoms with van der Waals surface area (Å²) >= 11 is 0. The van der Waals surface area contributed by atoms with Crippen LogP contribution in [0.5, 0.6) is 0 Å². The highest BCUT2D eigenvalue weighted by molar-refractivity contribution is 5.99. The van der Waals surface area contributed by atoms with E-state index in [1.807, 2.05) is 0 Å². The summed E-state index contributed by atoms with van der Waals surface area (Å²) in [5.41, 5.74) is -0.167. The van der Waals surface area contributed by atoms with E-state index in [0.717, 1.165) is 55.2 Å². The van der Waals surface area contributed by atoms with E-state index in [1.165, 1.54) is 12.3 Å². The molecular weight excluding hydrogens is 416 g/mol. The van der Waals surface area contributed by atoms with Crippen molar-refractivity contribution in [2.45, 2.75) is 26.7 Å². The van der Waals surface area contributed by atoms with Gasteiger partial charge in [-0.1, -0.05) is 13.8 Å². The number of amides is 1. The Morgan fingerprint density at radius 2 is 2.00 bits per heavy atom. The maximum atomic E-state index is 14.2. The molecule has 3 heterocycles. The molecule has 1 aliphatic rings. The van der Waals surface area contributed by atoms with Crippen LogP contribution in [0.4, 0.5) is 8.78 Å². The van der Waals surface area contributed by atoms with Crippen LogP contribution in [0.25, 0.3) is 16.9 Å². The van der Waals surface area contributed by atoms with Gasteiger partial charge >= 0.3 is 0 Å². The molecule has 1 aromatic carbocycles. The predicted molar refractivity (Wildman–Crippen MR) is 117 cm³/mol. The van der Waals surface area contributed by atoms with Crippen LogP contribution in [0, 0.1) is 23.5 Å². The van der Waals surface area contributed by atoms with Gasteiger partial charge in [-0.25, -0.2) is 18.3 Å². The van der Waals surface area contributed by atoms with Gasteiger partial charge in [0.25, 0.3) is 11.5 Å². The van der Waals surface area contributed by atoms with Gasteiger partial charge in [0, 0.05) is 37.0 Å². The number of carbonyl (C=O) groups is 1. The minimum atomic E-state index is -0.827. The van der Waals surface area contributed by atoms with Gasteiger partial charge in [0.05, 0.1) is 5.69 Å². The summed E-state index contributed by atoms with van der Waals surface area (Å²) in [4.78, 5) is 32.0. The number of rotatable bonds is 6. The molecule has 2 N–H and O–H groups in total. The lowest BCUT2D eigenvalue weighted by molar-refractivity contribution is 0.0936. The molecule has 0 unspecified atom stereocenters. The molecule has 9 heteroatoms. The number of hydrogen-bond donors (Lipinski definition) is 2. The molecule has 3 aromatic rings. The van der Waals surface area contributed by atoms with Gasteiger partial charge in [-0.2, -0.15) is 0 Å². The zero-order chi connectivity index (χ0) is 22.8. The van der Waals surface area contributed by atoms with Gasteiger partial charge in [-0.05, 0) is 49.9 Å². The Morgan fingerprint density at radius 3 is 2.69 bits per heavy atom. The van der Waals surface area contributed by atoms with E-state index in [4.69, 9.17) is 0 Å². The molecule has 4 rings (SSSR count). The Balaban J connectivity index is 1.49. The summed E-state index contributed by atoms with van der Waals surface area (Å²) in [5, 5.41) is 5.67. The lowest BCUT2D eigenvalue weighted by Gasteiger charge is -2.33. The van der Waals surface area contributed by atoms with E-state index in [9.17, 15) is 18.4 Å². The van der Waals surface area contributed by atoms with E-state index in [-0.39, 0.29) is 28.4 Å². The van der Waals surface area contributed by atoms with Gasteiger partial charge in [-0.15, -0.1) is 0 Å². The van der Waals surface area contributed by atoms with Crippen LogP contribution >= 0.6 is 0 Å². The van der Waals surface area contributed by atoms with Crippen LogP contribution < -0.4 is 10.9 Å². The molecule has 0 bridgehead atoms. The fraction of sp³-hybridized carbons (Fsp3) is 0.435. The first kappa shape index (κ1) is 22.1. The first-order chi connectivity index (χ1) is 15.3. The summed E-state index contributed by atoms with van der Waals surface area (Å²) < 4.78 is 28.6. The zero-order valence-corrected chi connectivity index (χ0v) is 18.2. The maximum Gasteiger partial charge on any atom is 0.273 e. The van der Waals surface area contributed by atoms with Crippen molar-refractivity contribution in [2.24, 2.45) is 11.8 Å². The van der Waals surface area contributed by atoms with Crippen molar-refractivity contribution < 1.29 is 13.6 Å². The van der Waals surface area contributed by atoms with Crippen molar-refractivity contribution in [2.75, 3.05) is 26.2 Å². The average molecular weight is 443 g/mol. The minimum absolute atomic E-state index is 0.00767. The number of hydrogen-bond acceptors (Lipinski definition) is 4. The number of aromatic nitrogens is 3. The highest BCUT2D eigenvalue weighted by Gasteiger charge is 2.22. The first-order valence-electron chi connectivity index (χ1n) is 10.9. The topological polar surface area (TPSA) is 82.5 Å². The van der Waals surface area contributed by atoms with E-state index >= 15 is 0 Å². The molecule has 0 atom stereocenters. The number of benzene rings is 1. The van der Waals surface area contributed by atoms with E-state index < -0.39 is 17.2 Å². The summed E-state index contributed by atoms with van der Waals surface area (Å²) in [5.74, 6) is -0.867. The van der Waals surface area contributed by atoms with Crippen LogP contribution in [-0.2, 0) is 0 Å². The third kappa shape index (κ3) is 4.72. The normalized spacial score (nSPS) is 15.5. The third-order valence-corrected chi connectivity index (χ3v) is 5.83. The number of carbonyl (C=O) groups excluding carboxylic acids is 1. The second kappa shape index (κ2) is 9.20. The fourth-order valence-electron chi connectivity index (χ4n) is 4.21. The second-order valence-corrected chi connectivity index (χ2v) is 8.80. The summed E-state index contributed by atoms with van der Waals surface area (Å²) in [7, 11) is 0. The Labute approximate surface area is 184 Å². The quantitative estimate of drug-likeness (QED) is 0.614. The van der Waals surface area contributed by atoms with Gasteiger partial charge < -0.3 is 10.2 Å². The van der Waals surface area contributed by atoms with E-state index in [0.29, 0.717) is 18.4 Å². The standard InChI is InChI=1S/C23H27F2N5O2/c1-14(2)13-29-7-5-15(6-8-29)11-26-23(32)18-12-27-30-21(31)10-20(28-22(18)30)17-4-3-16(24)9-19(17)25/h3-4,9-10,12,14-15,27H,5-8,11,13H2,1-2H3,(H,26,32). The lowest BCUT2D eigenvalue weighted by atomic mass is 9.96. The highest BCUT2D eigenvalue weighted by Crippen LogP contribution is 2.22. The van der Waals surface area contributed by atoms with E-state index in [2.05, 4.69) is 34.1 Å². The SMILES string of the molecule is CC(C)CN1CCC(CNC(=O)c2c[nH]n3c(=O)cc(-c4ccc(F)cc4F)nc23)CC1. The number of likely N-dealkylation sites (tertiary alicyclic amines) is 1. The number of H-pyrrole nitrogens is 1. The zero-order valence-electron chi connectivity index (χ0n) is 18.2. The molecule has 2 aromatic heterocycles. The Morgan fingerprint density at radius 1 is 1.25 bits per heavy atom. The van der Waals surface area contributed by atoms with E-state index in [1.54, 1.807) is 0 Å². The molecule has 0 spiro atoms. The second-order valence-electron chi connectivity index (χ2n) is 8.80. The Bertz CT molecular complexity index is 1180. The van der Waals surface area contributed by atoms with Crippen molar-refractivity contribution in [3.8, 4) is 11.3 Å². The third-order valence-electron chi connectivity index (χ3n) is 5.83. The van der Waals surface area contributed by atoms with Crippen LogP contribution in [-0.4, -0.2) is 51.6 Å². The van der Waals surface area contributed by atoms with Crippen molar-refractivity contribution in [3.05, 3.63) is 58.0 Å². The first-order valence-corrected chi connectivity index (χ1v) is 10.9. The van der Waals surface area contributed by atoms with Crippen molar-refractivity contribution in [1.29, 1.82) is 0 Å². The molecule has 0 saturated carbocycles. The smallest absolute Gasteiger partial charge is 0.273 e. The maximum absolute atomic E-state index is 14.2. The molecule has 170 valence electrons. The number of piperidine rings is 1. The Hall–Kier alpha value is -3.07. The summed E-state index contributed by atoms with van der Waals surface area (Å²) in [6.07, 6.45) is 3.45. The molecule has 0 radical (unpaired) electrons. The van der Waals surface area contributed by atoms with Gasteiger partial charge in [0.2, 0.25) is 0 Å². The van der Waals surface area contributed by atoms with Gasteiger partial charge in [0.1, 0.15) is 17.2 Å². The number of aromatic amines is 1. The van der Waals surface area contributed by atoms with Crippen molar-refractivity contribution in [1.82, 2.24) is 24.8 Å². The Kier molecular flexibility index (Phi) is 6.36. The average Bonchev–Trinajstić information content (AvgIpc) is 3.17. The summed E-state index contributed by atoms with van der Waals surface area (Å²) in [6.45, 7) is 8.10. The molecule has 1 amide bonds. The van der Waals surface area contributed by atoms with Crippen LogP contribution in [0.1, 0.15) is 37.0 Å². The molecule has 1 aliphatic heterocycles.